The standard InChI is InChI=1S/C11H20F3NO/c1-4-5-10(2,9-16)8-15(3)7-6-11(12,13)14/h9H,4-8H2,1-3H3. The predicted octanol–water partition coefficient (Wildman–Crippen LogP) is 2.88. The third kappa shape index (κ3) is 6.82. The van der Waals surface area contributed by atoms with E-state index in [1.807, 2.05) is 6.92 Å². The van der Waals surface area contributed by atoms with E-state index in [2.05, 4.69) is 0 Å². The van der Waals surface area contributed by atoms with Crippen LogP contribution in [0.5, 0.6) is 0 Å². The molecule has 0 rings (SSSR count). The van der Waals surface area contributed by atoms with Crippen LogP contribution in [0.3, 0.4) is 0 Å². The van der Waals surface area contributed by atoms with E-state index < -0.39 is 18.0 Å². The van der Waals surface area contributed by atoms with Gasteiger partial charge in [-0.3, -0.25) is 0 Å². The van der Waals surface area contributed by atoms with Gasteiger partial charge in [-0.05, 0) is 13.5 Å². The van der Waals surface area contributed by atoms with E-state index in [1.165, 1.54) is 0 Å². The van der Waals surface area contributed by atoms with Crippen molar-refractivity contribution in [3.05, 3.63) is 0 Å². The molecule has 0 aliphatic carbocycles. The van der Waals surface area contributed by atoms with Crippen LogP contribution in [0.2, 0.25) is 0 Å². The minimum atomic E-state index is -4.13. The lowest BCUT2D eigenvalue weighted by molar-refractivity contribution is -0.138. The summed E-state index contributed by atoms with van der Waals surface area (Å²) in [6.45, 7) is 4.06. The molecule has 0 saturated heterocycles. The summed E-state index contributed by atoms with van der Waals surface area (Å²) in [5.41, 5.74) is -0.533. The van der Waals surface area contributed by atoms with E-state index in [4.69, 9.17) is 0 Å². The van der Waals surface area contributed by atoms with Gasteiger partial charge in [0, 0.05) is 18.5 Å². The number of alkyl halides is 3. The highest BCUT2D eigenvalue weighted by Gasteiger charge is 2.29. The van der Waals surface area contributed by atoms with Gasteiger partial charge in [0.15, 0.2) is 0 Å². The molecule has 0 N–H and O–H groups in total. The van der Waals surface area contributed by atoms with Crippen molar-refractivity contribution in [1.29, 1.82) is 0 Å². The maximum Gasteiger partial charge on any atom is 0.390 e. The first-order valence-electron chi connectivity index (χ1n) is 5.44. The fourth-order valence-corrected chi connectivity index (χ4v) is 1.76. The van der Waals surface area contributed by atoms with Crippen LogP contribution in [0.25, 0.3) is 0 Å². The van der Waals surface area contributed by atoms with Crippen molar-refractivity contribution in [2.24, 2.45) is 5.41 Å². The molecule has 0 spiro atoms. The van der Waals surface area contributed by atoms with Crippen LogP contribution in [-0.4, -0.2) is 37.5 Å². The Labute approximate surface area is 94.8 Å². The molecule has 0 heterocycles. The number of hydrogen-bond acceptors (Lipinski definition) is 2. The van der Waals surface area contributed by atoms with E-state index in [-0.39, 0.29) is 6.54 Å². The van der Waals surface area contributed by atoms with Crippen molar-refractivity contribution in [2.75, 3.05) is 20.1 Å². The van der Waals surface area contributed by atoms with Crippen LogP contribution in [-0.2, 0) is 4.79 Å². The molecular weight excluding hydrogens is 219 g/mol. The molecule has 1 atom stereocenters. The zero-order chi connectivity index (χ0) is 12.8. The van der Waals surface area contributed by atoms with Gasteiger partial charge in [0.25, 0.3) is 0 Å². The molecule has 5 heteroatoms. The quantitative estimate of drug-likeness (QED) is 0.637. The minimum absolute atomic E-state index is 0.0589. The summed E-state index contributed by atoms with van der Waals surface area (Å²) in [4.78, 5) is 12.5. The zero-order valence-electron chi connectivity index (χ0n) is 10.1. The molecule has 0 aliphatic heterocycles. The minimum Gasteiger partial charge on any atom is -0.305 e. The highest BCUT2D eigenvalue weighted by atomic mass is 19.4. The summed E-state index contributed by atoms with van der Waals surface area (Å²) in [6, 6.07) is 0. The van der Waals surface area contributed by atoms with E-state index in [0.717, 1.165) is 12.7 Å². The maximum absolute atomic E-state index is 12.0. The average molecular weight is 239 g/mol. The van der Waals surface area contributed by atoms with Crippen LogP contribution in [0, 0.1) is 5.41 Å². The van der Waals surface area contributed by atoms with E-state index >= 15 is 0 Å². The van der Waals surface area contributed by atoms with Crippen molar-refractivity contribution in [3.8, 4) is 0 Å². The normalized spacial score (nSPS) is 16.2. The molecule has 0 aromatic heterocycles. The summed E-state index contributed by atoms with van der Waals surface area (Å²) < 4.78 is 35.9. The molecule has 0 amide bonds. The zero-order valence-corrected chi connectivity index (χ0v) is 10.1. The summed E-state index contributed by atoms with van der Waals surface area (Å²) in [5, 5.41) is 0. The average Bonchev–Trinajstić information content (AvgIpc) is 2.14. The Hall–Kier alpha value is -0.580. The van der Waals surface area contributed by atoms with Gasteiger partial charge in [0.2, 0.25) is 0 Å². The molecule has 0 radical (unpaired) electrons. The van der Waals surface area contributed by atoms with Crippen molar-refractivity contribution < 1.29 is 18.0 Å². The molecule has 96 valence electrons. The topological polar surface area (TPSA) is 20.3 Å². The van der Waals surface area contributed by atoms with Gasteiger partial charge in [-0.1, -0.05) is 20.3 Å². The fraction of sp³-hybridized carbons (Fsp3) is 0.909. The van der Waals surface area contributed by atoms with Crippen LogP contribution < -0.4 is 0 Å². The second-order valence-corrected chi connectivity index (χ2v) is 4.62. The monoisotopic (exact) mass is 239 g/mol. The second-order valence-electron chi connectivity index (χ2n) is 4.62. The number of halogens is 3. The van der Waals surface area contributed by atoms with Crippen LogP contribution in [0.15, 0.2) is 0 Å². The SMILES string of the molecule is CCCC(C)(C=O)CN(C)CCC(F)(F)F. The van der Waals surface area contributed by atoms with Gasteiger partial charge in [-0.15, -0.1) is 0 Å². The number of carbonyl (C=O) groups is 1. The van der Waals surface area contributed by atoms with Crippen LogP contribution in [0.4, 0.5) is 13.2 Å². The summed E-state index contributed by atoms with van der Waals surface area (Å²) >= 11 is 0. The van der Waals surface area contributed by atoms with Gasteiger partial charge < -0.3 is 9.69 Å². The highest BCUT2D eigenvalue weighted by molar-refractivity contribution is 5.58. The summed E-state index contributed by atoms with van der Waals surface area (Å²) in [6.07, 6.45) is -2.56. The largest absolute Gasteiger partial charge is 0.390 e. The second kappa shape index (κ2) is 6.23. The van der Waals surface area contributed by atoms with Gasteiger partial charge in [-0.2, -0.15) is 13.2 Å². The first kappa shape index (κ1) is 15.4. The highest BCUT2D eigenvalue weighted by Crippen LogP contribution is 2.23. The molecule has 0 aromatic rings. The third-order valence-electron chi connectivity index (χ3n) is 2.51. The number of rotatable bonds is 7. The lowest BCUT2D eigenvalue weighted by Gasteiger charge is -2.28. The number of aldehydes is 1. The van der Waals surface area contributed by atoms with Crippen molar-refractivity contribution in [3.63, 3.8) is 0 Å². The lowest BCUT2D eigenvalue weighted by Crippen LogP contribution is -2.36. The molecular formula is C11H20F3NO. The molecule has 0 saturated carbocycles. The van der Waals surface area contributed by atoms with E-state index in [9.17, 15) is 18.0 Å². The Balaban J connectivity index is 4.11. The molecule has 2 nitrogen and oxygen atoms in total. The predicted molar refractivity (Wildman–Crippen MR) is 57.2 cm³/mol. The Bertz CT molecular complexity index is 218. The Morgan fingerprint density at radius 1 is 1.25 bits per heavy atom. The maximum atomic E-state index is 12.0. The molecule has 1 unspecified atom stereocenters. The summed E-state index contributed by atoms with van der Waals surface area (Å²) in [7, 11) is 1.61. The Kier molecular flexibility index (Phi) is 6.00. The first-order chi connectivity index (χ1) is 7.22. The molecule has 0 aliphatic rings. The Morgan fingerprint density at radius 2 is 1.81 bits per heavy atom. The number of nitrogens with zero attached hydrogens (tertiary/aromatic N) is 1. The lowest BCUT2D eigenvalue weighted by atomic mass is 9.87. The number of hydrogen-bond donors (Lipinski definition) is 0. The van der Waals surface area contributed by atoms with Crippen molar-refractivity contribution >= 4 is 6.29 Å². The third-order valence-corrected chi connectivity index (χ3v) is 2.51. The van der Waals surface area contributed by atoms with Gasteiger partial charge in [0.05, 0.1) is 6.42 Å². The first-order valence-corrected chi connectivity index (χ1v) is 5.44. The number of carbonyl (C=O) groups excluding carboxylic acids is 1. The molecule has 0 bridgehead atoms. The fourth-order valence-electron chi connectivity index (χ4n) is 1.76. The van der Waals surface area contributed by atoms with Crippen molar-refractivity contribution in [2.45, 2.75) is 39.3 Å². The smallest absolute Gasteiger partial charge is 0.305 e. The van der Waals surface area contributed by atoms with Crippen LogP contribution >= 0.6 is 0 Å². The van der Waals surface area contributed by atoms with Gasteiger partial charge >= 0.3 is 6.18 Å². The Morgan fingerprint density at radius 3 is 2.19 bits per heavy atom. The van der Waals surface area contributed by atoms with E-state index in [1.54, 1.807) is 18.9 Å². The van der Waals surface area contributed by atoms with Gasteiger partial charge in [-0.25, -0.2) is 0 Å². The molecule has 16 heavy (non-hydrogen) atoms. The summed E-state index contributed by atoms with van der Waals surface area (Å²) in [5.74, 6) is 0. The van der Waals surface area contributed by atoms with E-state index in [0.29, 0.717) is 13.0 Å². The van der Waals surface area contributed by atoms with Crippen molar-refractivity contribution in [1.82, 2.24) is 4.90 Å². The molecule has 0 aromatic carbocycles. The van der Waals surface area contributed by atoms with Crippen LogP contribution in [0.1, 0.15) is 33.1 Å². The molecule has 0 fully saturated rings. The van der Waals surface area contributed by atoms with Gasteiger partial charge in [0.1, 0.15) is 6.29 Å².